The number of halogens is 1. The number of imide groups is 2. The third-order valence-electron chi connectivity index (χ3n) is 4.52. The lowest BCUT2D eigenvalue weighted by molar-refractivity contribution is -0.122. The fourth-order valence-corrected chi connectivity index (χ4v) is 3.45. The van der Waals surface area contributed by atoms with Crippen molar-refractivity contribution in [3.8, 4) is 11.5 Å². The van der Waals surface area contributed by atoms with Crippen LogP contribution in [0.3, 0.4) is 0 Å². The summed E-state index contributed by atoms with van der Waals surface area (Å²) in [4.78, 5) is 38.8. The molecule has 1 saturated heterocycles. The van der Waals surface area contributed by atoms with Gasteiger partial charge in [-0.15, -0.1) is 6.58 Å². The summed E-state index contributed by atoms with van der Waals surface area (Å²) in [5.74, 6) is -0.425. The van der Waals surface area contributed by atoms with Crippen LogP contribution < -0.4 is 19.7 Å². The van der Waals surface area contributed by atoms with E-state index in [-0.39, 0.29) is 5.57 Å². The quantitative estimate of drug-likeness (QED) is 0.360. The predicted octanol–water partition coefficient (Wildman–Crippen LogP) is 4.25. The van der Waals surface area contributed by atoms with Crippen molar-refractivity contribution in [2.24, 2.45) is 0 Å². The van der Waals surface area contributed by atoms with Gasteiger partial charge in [0, 0.05) is 10.0 Å². The van der Waals surface area contributed by atoms with Crippen LogP contribution in [0.15, 0.2) is 59.1 Å². The largest absolute Gasteiger partial charge is 0.493 e. The van der Waals surface area contributed by atoms with Crippen molar-refractivity contribution < 1.29 is 23.9 Å². The average Bonchev–Trinajstić information content (AvgIpc) is 2.74. The van der Waals surface area contributed by atoms with Crippen LogP contribution in [0.1, 0.15) is 18.1 Å². The van der Waals surface area contributed by atoms with Crippen LogP contribution in [-0.4, -0.2) is 31.6 Å². The van der Waals surface area contributed by atoms with Crippen molar-refractivity contribution in [2.75, 3.05) is 18.6 Å². The number of amides is 4. The van der Waals surface area contributed by atoms with E-state index in [4.69, 9.17) is 9.47 Å². The molecule has 0 radical (unpaired) electrons. The highest BCUT2D eigenvalue weighted by molar-refractivity contribution is 9.10. The molecule has 0 spiro atoms. The van der Waals surface area contributed by atoms with Gasteiger partial charge in [-0.1, -0.05) is 22.0 Å². The minimum Gasteiger partial charge on any atom is -0.493 e. The number of carbonyl (C=O) groups is 3. The number of hydrogen-bond donors (Lipinski definition) is 1. The van der Waals surface area contributed by atoms with Gasteiger partial charge in [0.1, 0.15) is 5.57 Å². The molecule has 3 rings (SSSR count). The van der Waals surface area contributed by atoms with Crippen LogP contribution in [0.4, 0.5) is 10.5 Å². The first-order chi connectivity index (χ1) is 14.9. The summed E-state index contributed by atoms with van der Waals surface area (Å²) in [5.41, 5.74) is 1.53. The molecule has 2 aromatic rings. The second-order valence-electron chi connectivity index (χ2n) is 6.57. The van der Waals surface area contributed by atoms with E-state index in [1.54, 1.807) is 42.5 Å². The Morgan fingerprint density at radius 3 is 2.48 bits per heavy atom. The fraction of sp³-hybridized carbons (Fsp3) is 0.174. The van der Waals surface area contributed by atoms with Gasteiger partial charge in [0.2, 0.25) is 0 Å². The predicted molar refractivity (Wildman–Crippen MR) is 121 cm³/mol. The van der Waals surface area contributed by atoms with E-state index in [0.29, 0.717) is 35.8 Å². The number of carbonyl (C=O) groups excluding carboxylic acids is 3. The van der Waals surface area contributed by atoms with Gasteiger partial charge in [0.25, 0.3) is 11.8 Å². The third-order valence-corrected chi connectivity index (χ3v) is 5.05. The van der Waals surface area contributed by atoms with E-state index in [1.165, 1.54) is 13.2 Å². The molecule has 0 aromatic heterocycles. The number of methoxy groups -OCH3 is 1. The molecule has 1 aliphatic heterocycles. The van der Waals surface area contributed by atoms with Crippen LogP contribution in [0.5, 0.6) is 11.5 Å². The van der Waals surface area contributed by atoms with Gasteiger partial charge in [0.05, 0.1) is 19.4 Å². The summed E-state index contributed by atoms with van der Waals surface area (Å²) >= 11 is 3.32. The zero-order valence-electron chi connectivity index (χ0n) is 17.1. The lowest BCUT2D eigenvalue weighted by Gasteiger charge is -2.26. The normalized spacial score (nSPS) is 15.1. The first-order valence-corrected chi connectivity index (χ1v) is 10.3. The van der Waals surface area contributed by atoms with Crippen LogP contribution in [0, 0.1) is 0 Å². The minimum atomic E-state index is -0.800. The smallest absolute Gasteiger partial charge is 0.335 e. The number of rotatable bonds is 7. The Balaban J connectivity index is 2.06. The molecule has 1 heterocycles. The summed E-state index contributed by atoms with van der Waals surface area (Å²) < 4.78 is 11.9. The van der Waals surface area contributed by atoms with Gasteiger partial charge in [0.15, 0.2) is 11.5 Å². The van der Waals surface area contributed by atoms with E-state index in [2.05, 4.69) is 27.8 Å². The molecule has 1 fully saturated rings. The van der Waals surface area contributed by atoms with E-state index in [1.807, 2.05) is 6.92 Å². The molecule has 160 valence electrons. The van der Waals surface area contributed by atoms with Crippen molar-refractivity contribution in [3.63, 3.8) is 0 Å². The van der Waals surface area contributed by atoms with E-state index < -0.39 is 17.8 Å². The maximum absolute atomic E-state index is 13.1. The van der Waals surface area contributed by atoms with E-state index >= 15 is 0 Å². The van der Waals surface area contributed by atoms with Crippen LogP contribution in [-0.2, 0) is 16.0 Å². The van der Waals surface area contributed by atoms with Crippen molar-refractivity contribution in [1.82, 2.24) is 5.32 Å². The zero-order chi connectivity index (χ0) is 22.5. The topological polar surface area (TPSA) is 84.9 Å². The Morgan fingerprint density at radius 1 is 1.16 bits per heavy atom. The highest BCUT2D eigenvalue weighted by Crippen LogP contribution is 2.34. The third kappa shape index (κ3) is 4.69. The molecule has 0 atom stereocenters. The summed E-state index contributed by atoms with van der Waals surface area (Å²) in [7, 11) is 1.51. The molecule has 31 heavy (non-hydrogen) atoms. The Labute approximate surface area is 188 Å². The number of nitrogens with one attached hydrogen (secondary N) is 1. The summed E-state index contributed by atoms with van der Waals surface area (Å²) in [6.07, 6.45) is 3.66. The van der Waals surface area contributed by atoms with Gasteiger partial charge < -0.3 is 9.47 Å². The molecule has 7 nitrogen and oxygen atoms in total. The van der Waals surface area contributed by atoms with Crippen LogP contribution >= 0.6 is 15.9 Å². The van der Waals surface area contributed by atoms with Crippen molar-refractivity contribution in [1.29, 1.82) is 0 Å². The molecule has 0 saturated carbocycles. The maximum atomic E-state index is 13.1. The number of ether oxygens (including phenoxy) is 2. The second-order valence-corrected chi connectivity index (χ2v) is 7.49. The summed E-state index contributed by atoms with van der Waals surface area (Å²) in [6, 6.07) is 9.29. The molecule has 1 aliphatic rings. The molecular weight excluding hydrogens is 464 g/mol. The Hall–Kier alpha value is -3.39. The standard InChI is InChI=1S/C23H21BrN2O5/c1-4-6-15-11-14(13-19(30-3)20(15)31-5-2)12-18-21(27)25-23(29)26(22(18)28)17-9-7-16(24)8-10-17/h4,7-13H,1,5-6H2,2-3H3,(H,25,27,29)/b18-12+. The Bertz CT molecular complexity index is 1080. The summed E-state index contributed by atoms with van der Waals surface area (Å²) in [6.45, 7) is 6.08. The Kier molecular flexibility index (Phi) is 6.91. The average molecular weight is 485 g/mol. The lowest BCUT2D eigenvalue weighted by atomic mass is 10.0. The first-order valence-electron chi connectivity index (χ1n) is 9.51. The maximum Gasteiger partial charge on any atom is 0.335 e. The van der Waals surface area contributed by atoms with Gasteiger partial charge in [-0.05, 0) is 61.4 Å². The zero-order valence-corrected chi connectivity index (χ0v) is 18.7. The molecule has 4 amide bonds. The first kappa shape index (κ1) is 22.3. The number of anilines is 1. The SMILES string of the molecule is C=CCc1cc(/C=C2\C(=O)NC(=O)N(c3ccc(Br)cc3)C2=O)cc(OC)c1OCC. The molecule has 0 bridgehead atoms. The Morgan fingerprint density at radius 2 is 1.87 bits per heavy atom. The molecular formula is C23H21BrN2O5. The van der Waals surface area contributed by atoms with Gasteiger partial charge >= 0.3 is 6.03 Å². The number of benzene rings is 2. The van der Waals surface area contributed by atoms with Crippen molar-refractivity contribution in [3.05, 3.63) is 70.2 Å². The lowest BCUT2D eigenvalue weighted by Crippen LogP contribution is -2.54. The van der Waals surface area contributed by atoms with Crippen molar-refractivity contribution >= 4 is 45.5 Å². The van der Waals surface area contributed by atoms with Crippen LogP contribution in [0.25, 0.3) is 6.08 Å². The number of urea groups is 1. The molecule has 0 unspecified atom stereocenters. The van der Waals surface area contributed by atoms with Crippen LogP contribution in [0.2, 0.25) is 0 Å². The molecule has 0 aliphatic carbocycles. The highest BCUT2D eigenvalue weighted by Gasteiger charge is 2.36. The van der Waals surface area contributed by atoms with Gasteiger partial charge in [-0.3, -0.25) is 14.9 Å². The molecule has 1 N–H and O–H groups in total. The number of hydrogen-bond acceptors (Lipinski definition) is 5. The van der Waals surface area contributed by atoms with Gasteiger partial charge in [-0.25, -0.2) is 9.69 Å². The minimum absolute atomic E-state index is 0.168. The van der Waals surface area contributed by atoms with E-state index in [0.717, 1.165) is 14.9 Å². The highest BCUT2D eigenvalue weighted by atomic mass is 79.9. The van der Waals surface area contributed by atoms with E-state index in [9.17, 15) is 14.4 Å². The number of barbiturate groups is 1. The molecule has 2 aromatic carbocycles. The summed E-state index contributed by atoms with van der Waals surface area (Å²) in [5, 5.41) is 2.22. The monoisotopic (exact) mass is 484 g/mol. The fourth-order valence-electron chi connectivity index (χ4n) is 3.18. The van der Waals surface area contributed by atoms with Gasteiger partial charge in [-0.2, -0.15) is 0 Å². The van der Waals surface area contributed by atoms with Crippen molar-refractivity contribution in [2.45, 2.75) is 13.3 Å². The number of allylic oxidation sites excluding steroid dienone is 1. The second kappa shape index (κ2) is 9.61. The molecule has 8 heteroatoms. The number of nitrogens with zero attached hydrogens (tertiary/aromatic N) is 1.